The minimum Gasteiger partial charge on any atom is -0.388 e. The maximum absolute atomic E-state index is 11.3. The van der Waals surface area contributed by atoms with Crippen molar-refractivity contribution >= 4 is 19.2 Å². The van der Waals surface area contributed by atoms with Crippen LogP contribution in [0.5, 0.6) is 0 Å². The van der Waals surface area contributed by atoms with Gasteiger partial charge in [0.05, 0.1) is 6.10 Å². The Kier molecular flexibility index (Phi) is 5.17. The van der Waals surface area contributed by atoms with E-state index in [0.717, 1.165) is 12.6 Å². The molecule has 2 aliphatic rings. The fraction of sp³-hybridized carbons (Fsp3) is 0.600. The van der Waals surface area contributed by atoms with Crippen molar-refractivity contribution in [3.8, 4) is 0 Å². The molecule has 0 spiro atoms. The fourth-order valence-electron chi connectivity index (χ4n) is 2.70. The molecular weight excluding hydrogens is 303 g/mol. The third kappa shape index (κ3) is 3.82. The van der Waals surface area contributed by atoms with Crippen LogP contribution in [0, 0.1) is 0 Å². The van der Waals surface area contributed by atoms with Gasteiger partial charge in [-0.25, -0.2) is 4.79 Å². The molecule has 2 aliphatic heterocycles. The van der Waals surface area contributed by atoms with Gasteiger partial charge in [-0.05, 0) is 25.9 Å². The summed E-state index contributed by atoms with van der Waals surface area (Å²) in [6, 6.07) is -0.332. The minimum absolute atomic E-state index is 0.303. The molecule has 2 heterocycles. The highest BCUT2D eigenvalue weighted by Crippen LogP contribution is 2.39. The van der Waals surface area contributed by atoms with Gasteiger partial charge in [-0.3, -0.25) is 0 Å². The zero-order chi connectivity index (χ0) is 16.5. The first kappa shape index (κ1) is 17.3. The molecule has 0 bridgehead atoms. The van der Waals surface area contributed by atoms with E-state index in [0.29, 0.717) is 11.3 Å². The van der Waals surface area contributed by atoms with Gasteiger partial charge < -0.3 is 25.2 Å². The third-order valence-corrected chi connectivity index (χ3v) is 5.38. The van der Waals surface area contributed by atoms with E-state index in [9.17, 15) is 9.90 Å². The second-order valence-corrected chi connectivity index (χ2v) is 10.7. The van der Waals surface area contributed by atoms with E-state index in [1.54, 1.807) is 13.3 Å². The zero-order valence-corrected chi connectivity index (χ0v) is 14.2. The van der Waals surface area contributed by atoms with Gasteiger partial charge in [0.1, 0.15) is 18.3 Å². The normalized spacial score (nSPS) is 32.5. The number of carbonyl (C=O) groups is 1. The van der Waals surface area contributed by atoms with Crippen LogP contribution >= 0.6 is 6.89 Å². The molecule has 1 fully saturated rings. The van der Waals surface area contributed by atoms with Crippen LogP contribution in [0.15, 0.2) is 24.0 Å². The quantitative estimate of drug-likeness (QED) is 0.656. The smallest absolute Gasteiger partial charge is 0.323 e. The van der Waals surface area contributed by atoms with Gasteiger partial charge in [0.25, 0.3) is 0 Å². The van der Waals surface area contributed by atoms with Crippen LogP contribution < -0.4 is 10.6 Å². The van der Waals surface area contributed by atoms with Gasteiger partial charge >= 0.3 is 6.03 Å². The van der Waals surface area contributed by atoms with Gasteiger partial charge in [-0.2, -0.15) is 0 Å². The standard InChI is InChI=1S/C15H25N2O4P/c1-9-10(8-16-15(19)17-9)13-14(20-2)12(18)11(21-13)6-7-22(3,4)5/h8,11-14,18H,1,3,6-7H2,2,4-5H3,(H2,16,17,19)/t11-,12-,13+,14-/m1/s1. The van der Waals surface area contributed by atoms with Gasteiger partial charge in [0, 0.05) is 24.6 Å². The van der Waals surface area contributed by atoms with Crippen LogP contribution in [0.2, 0.25) is 0 Å². The van der Waals surface area contributed by atoms with Crippen molar-refractivity contribution in [2.45, 2.75) is 30.8 Å². The van der Waals surface area contributed by atoms with Crippen LogP contribution in [0.4, 0.5) is 4.79 Å². The summed E-state index contributed by atoms with van der Waals surface area (Å²) in [7, 11) is 1.54. The lowest BCUT2D eigenvalue weighted by molar-refractivity contribution is 0.000153. The number of aliphatic hydroxyl groups is 1. The molecule has 2 amide bonds. The van der Waals surface area contributed by atoms with E-state index in [1.807, 2.05) is 0 Å². The average Bonchev–Trinajstić information content (AvgIpc) is 2.72. The number of aliphatic hydroxyl groups excluding tert-OH is 1. The number of ether oxygens (including phenoxy) is 2. The first-order valence-electron chi connectivity index (χ1n) is 7.23. The van der Waals surface area contributed by atoms with Crippen LogP contribution in [0.1, 0.15) is 6.42 Å². The highest BCUT2D eigenvalue weighted by Gasteiger charge is 2.46. The highest BCUT2D eigenvalue weighted by atomic mass is 31.2. The van der Waals surface area contributed by atoms with E-state index < -0.39 is 25.2 Å². The van der Waals surface area contributed by atoms with Crippen molar-refractivity contribution in [2.24, 2.45) is 0 Å². The van der Waals surface area contributed by atoms with E-state index in [-0.39, 0.29) is 12.1 Å². The lowest BCUT2D eigenvalue weighted by Crippen LogP contribution is -2.42. The first-order valence-corrected chi connectivity index (χ1v) is 10.3. The summed E-state index contributed by atoms with van der Waals surface area (Å²) in [5, 5.41) is 15.6. The summed E-state index contributed by atoms with van der Waals surface area (Å²) in [5.41, 5.74) is 1.16. The predicted molar refractivity (Wildman–Crippen MR) is 89.7 cm³/mol. The van der Waals surface area contributed by atoms with Crippen molar-refractivity contribution in [1.29, 1.82) is 0 Å². The number of nitrogens with one attached hydrogen (secondary N) is 2. The SMILES string of the molecule is C=C1NC(=O)NC=C1[C@@H]1O[C@H](CCP(=C)(C)C)[C@@H](O)[C@H]1OC. The third-order valence-electron chi connectivity index (χ3n) is 3.91. The van der Waals surface area contributed by atoms with Crippen LogP contribution in [-0.4, -0.2) is 68.5 Å². The molecule has 22 heavy (non-hydrogen) atoms. The Bertz CT molecular complexity index is 540. The number of rotatable bonds is 5. The molecule has 2 rings (SSSR count). The Morgan fingerprint density at radius 2 is 2.18 bits per heavy atom. The molecule has 1 saturated heterocycles. The molecule has 3 N–H and O–H groups in total. The highest BCUT2D eigenvalue weighted by molar-refractivity contribution is 7.72. The van der Waals surface area contributed by atoms with Crippen LogP contribution in [0.25, 0.3) is 0 Å². The number of methoxy groups -OCH3 is 1. The van der Waals surface area contributed by atoms with Gasteiger partial charge in [0.2, 0.25) is 0 Å². The summed E-state index contributed by atoms with van der Waals surface area (Å²) in [6.45, 7) is 6.97. The van der Waals surface area contributed by atoms with Crippen LogP contribution in [-0.2, 0) is 9.47 Å². The maximum atomic E-state index is 11.3. The average molecular weight is 328 g/mol. The second-order valence-electron chi connectivity index (χ2n) is 6.41. The topological polar surface area (TPSA) is 79.8 Å². The molecule has 0 radical (unpaired) electrons. The van der Waals surface area contributed by atoms with E-state index in [2.05, 4.69) is 36.8 Å². The minimum atomic E-state index is -1.18. The molecule has 124 valence electrons. The first-order chi connectivity index (χ1) is 10.2. The number of amides is 2. The summed E-state index contributed by atoms with van der Waals surface area (Å²) in [6.07, 6.45) is 5.45. The Hall–Kier alpha value is -1.07. The van der Waals surface area contributed by atoms with E-state index in [1.165, 1.54) is 0 Å². The summed E-state index contributed by atoms with van der Waals surface area (Å²) < 4.78 is 11.4. The molecular formula is C15H25N2O4P. The number of urea groups is 1. The van der Waals surface area contributed by atoms with Gasteiger partial charge in [-0.15, -0.1) is 13.2 Å². The van der Waals surface area contributed by atoms with Crippen molar-refractivity contribution < 1.29 is 19.4 Å². The Balaban J connectivity index is 2.13. The molecule has 0 unspecified atom stereocenters. The predicted octanol–water partition coefficient (Wildman–Crippen LogP) is 0.939. The molecule has 0 aromatic rings. The zero-order valence-electron chi connectivity index (χ0n) is 13.3. The van der Waals surface area contributed by atoms with Crippen molar-refractivity contribution in [2.75, 3.05) is 26.6 Å². The van der Waals surface area contributed by atoms with Crippen LogP contribution in [0.3, 0.4) is 0 Å². The van der Waals surface area contributed by atoms with Crippen molar-refractivity contribution in [1.82, 2.24) is 10.6 Å². The lowest BCUT2D eigenvalue weighted by Gasteiger charge is -2.25. The molecule has 0 aliphatic carbocycles. The maximum Gasteiger partial charge on any atom is 0.323 e. The van der Waals surface area contributed by atoms with Crippen molar-refractivity contribution in [3.63, 3.8) is 0 Å². The molecule has 0 saturated carbocycles. The molecule has 7 heteroatoms. The number of carbonyl (C=O) groups excluding carboxylic acids is 1. The number of hydrogen-bond acceptors (Lipinski definition) is 4. The molecule has 0 aromatic heterocycles. The summed E-state index contributed by atoms with van der Waals surface area (Å²) in [5.74, 6) is 0. The van der Waals surface area contributed by atoms with E-state index in [4.69, 9.17) is 9.47 Å². The second kappa shape index (κ2) is 6.59. The largest absolute Gasteiger partial charge is 0.388 e. The number of hydrogen-bond donors (Lipinski definition) is 3. The molecule has 6 nitrogen and oxygen atoms in total. The lowest BCUT2D eigenvalue weighted by atomic mass is 9.99. The fourth-order valence-corrected chi connectivity index (χ4v) is 3.65. The Morgan fingerprint density at radius 3 is 2.73 bits per heavy atom. The monoisotopic (exact) mass is 328 g/mol. The molecule has 0 aromatic carbocycles. The van der Waals surface area contributed by atoms with Gasteiger partial charge in [0.15, 0.2) is 0 Å². The molecule has 4 atom stereocenters. The Labute approximate surface area is 131 Å². The Morgan fingerprint density at radius 1 is 1.50 bits per heavy atom. The summed E-state index contributed by atoms with van der Waals surface area (Å²) in [4.78, 5) is 11.3. The van der Waals surface area contributed by atoms with E-state index >= 15 is 0 Å². The van der Waals surface area contributed by atoms with Gasteiger partial charge in [-0.1, -0.05) is 6.58 Å². The summed E-state index contributed by atoms with van der Waals surface area (Å²) >= 11 is 0. The van der Waals surface area contributed by atoms with Crippen molar-refractivity contribution in [3.05, 3.63) is 24.0 Å².